The summed E-state index contributed by atoms with van der Waals surface area (Å²) in [5, 5.41) is 0. The highest BCUT2D eigenvalue weighted by Crippen LogP contribution is 2.60. The maximum absolute atomic E-state index is 12.8. The van der Waals surface area contributed by atoms with Gasteiger partial charge in [-0.1, -0.05) is 25.5 Å². The van der Waals surface area contributed by atoms with Crippen LogP contribution in [0.15, 0.2) is 34.0 Å². The molecule has 0 saturated heterocycles. The van der Waals surface area contributed by atoms with Crippen molar-refractivity contribution in [2.45, 2.75) is 79.9 Å². The molecule has 164 valence electrons. The molecule has 0 spiro atoms. The molecular formula is C25H34O5. The van der Waals surface area contributed by atoms with Gasteiger partial charge in [0.25, 0.3) is 0 Å². The third-order valence-electron chi connectivity index (χ3n) is 7.23. The zero-order valence-electron chi connectivity index (χ0n) is 19.2. The first-order valence-electron chi connectivity index (χ1n) is 10.9. The second-order valence-electron chi connectivity index (χ2n) is 9.34. The van der Waals surface area contributed by atoms with Crippen LogP contribution in [0.3, 0.4) is 0 Å². The van der Waals surface area contributed by atoms with Gasteiger partial charge in [0.2, 0.25) is 0 Å². The number of fused-ring (bicyclic) bond motifs is 2. The Hall–Kier alpha value is -2.30. The van der Waals surface area contributed by atoms with E-state index in [0.29, 0.717) is 5.57 Å². The summed E-state index contributed by atoms with van der Waals surface area (Å²) in [6, 6.07) is 0. The van der Waals surface area contributed by atoms with Crippen LogP contribution in [-0.2, 0) is 25.5 Å². The highest BCUT2D eigenvalue weighted by atomic mass is 16.6. The monoisotopic (exact) mass is 414 g/mol. The van der Waals surface area contributed by atoms with Gasteiger partial charge >= 0.3 is 11.9 Å². The molecule has 1 aromatic rings. The summed E-state index contributed by atoms with van der Waals surface area (Å²) in [5.41, 5.74) is 3.11. The topological polar surface area (TPSA) is 65.7 Å². The molecule has 2 aliphatic carbocycles. The van der Waals surface area contributed by atoms with Crippen molar-refractivity contribution in [2.24, 2.45) is 17.3 Å². The molecule has 1 heterocycles. The van der Waals surface area contributed by atoms with E-state index in [1.54, 1.807) is 19.3 Å². The Labute approximate surface area is 179 Å². The lowest BCUT2D eigenvalue weighted by atomic mass is 9.53. The lowest BCUT2D eigenvalue weighted by molar-refractivity contribution is -0.183. The highest BCUT2D eigenvalue weighted by Gasteiger charge is 2.57. The van der Waals surface area contributed by atoms with Crippen LogP contribution >= 0.6 is 0 Å². The van der Waals surface area contributed by atoms with E-state index in [9.17, 15) is 9.59 Å². The van der Waals surface area contributed by atoms with Crippen LogP contribution < -0.4 is 0 Å². The Balaban J connectivity index is 1.99. The fourth-order valence-electron chi connectivity index (χ4n) is 5.11. The predicted molar refractivity (Wildman–Crippen MR) is 115 cm³/mol. The van der Waals surface area contributed by atoms with Crippen molar-refractivity contribution in [1.82, 2.24) is 0 Å². The maximum Gasteiger partial charge on any atom is 0.334 e. The van der Waals surface area contributed by atoms with Crippen molar-refractivity contribution in [3.8, 4) is 0 Å². The fraction of sp³-hybridized carbons (Fsp3) is 0.600. The number of allylic oxidation sites excluding steroid dienone is 2. The second-order valence-corrected chi connectivity index (χ2v) is 9.34. The number of ether oxygens (including phenoxy) is 2. The number of carbonyl (C=O) groups is 2. The van der Waals surface area contributed by atoms with Gasteiger partial charge in [0, 0.05) is 35.0 Å². The van der Waals surface area contributed by atoms with Gasteiger partial charge in [-0.25, -0.2) is 9.59 Å². The summed E-state index contributed by atoms with van der Waals surface area (Å²) < 4.78 is 17.9. The number of esters is 2. The lowest BCUT2D eigenvalue weighted by Gasteiger charge is -2.54. The van der Waals surface area contributed by atoms with Crippen molar-refractivity contribution in [2.75, 3.05) is 0 Å². The summed E-state index contributed by atoms with van der Waals surface area (Å²) in [6.45, 7) is 13.7. The molecule has 3 rings (SSSR count). The summed E-state index contributed by atoms with van der Waals surface area (Å²) in [4.78, 5) is 25.1. The number of hydrogen-bond acceptors (Lipinski definition) is 5. The van der Waals surface area contributed by atoms with Crippen molar-refractivity contribution < 1.29 is 23.5 Å². The molecule has 1 saturated carbocycles. The van der Waals surface area contributed by atoms with Gasteiger partial charge in [0.15, 0.2) is 0 Å². The van der Waals surface area contributed by atoms with E-state index in [2.05, 4.69) is 13.8 Å². The van der Waals surface area contributed by atoms with E-state index in [1.807, 2.05) is 27.7 Å². The van der Waals surface area contributed by atoms with Crippen LogP contribution in [0.2, 0.25) is 0 Å². The minimum absolute atomic E-state index is 0.0249. The van der Waals surface area contributed by atoms with Crippen LogP contribution in [0.1, 0.15) is 77.4 Å². The van der Waals surface area contributed by atoms with Gasteiger partial charge in [-0.15, -0.1) is 0 Å². The number of carbonyl (C=O) groups excluding carboxylic acids is 2. The standard InChI is InChI=1S/C25H34O5/c1-8-15(4)24(27)30-23-22-16(5)13-28-20(22)12-18-9-10-19(17(6)25(18,23)7)29-21(26)11-14(2)3/h8,11,13,17-19,23H,9-10,12H2,1-7H3/t17-,18+,19-,23+,25+/m0/s1. The minimum atomic E-state index is -0.438. The van der Waals surface area contributed by atoms with E-state index in [0.717, 1.165) is 41.7 Å². The molecule has 0 radical (unpaired) electrons. The molecule has 1 fully saturated rings. The molecule has 0 unspecified atom stereocenters. The van der Waals surface area contributed by atoms with Crippen LogP contribution in [0.4, 0.5) is 0 Å². The smallest absolute Gasteiger partial charge is 0.334 e. The summed E-state index contributed by atoms with van der Waals surface area (Å²) in [7, 11) is 0. The van der Waals surface area contributed by atoms with Gasteiger partial charge in [-0.05, 0) is 58.9 Å². The average molecular weight is 415 g/mol. The number of rotatable bonds is 4. The van der Waals surface area contributed by atoms with E-state index in [1.165, 1.54) is 6.08 Å². The van der Waals surface area contributed by atoms with Crippen LogP contribution in [0.25, 0.3) is 0 Å². The molecule has 0 aromatic carbocycles. The van der Waals surface area contributed by atoms with Gasteiger partial charge in [0.05, 0.1) is 6.26 Å². The van der Waals surface area contributed by atoms with Crippen molar-refractivity contribution >= 4 is 11.9 Å². The maximum atomic E-state index is 12.8. The van der Waals surface area contributed by atoms with Crippen molar-refractivity contribution in [3.63, 3.8) is 0 Å². The first kappa shape index (κ1) is 22.4. The Bertz CT molecular complexity index is 885. The number of aryl methyl sites for hydroxylation is 1. The predicted octanol–water partition coefficient (Wildman–Crippen LogP) is 5.63. The summed E-state index contributed by atoms with van der Waals surface area (Å²) in [5.74, 6) is 0.609. The van der Waals surface area contributed by atoms with Gasteiger partial charge in [0.1, 0.15) is 18.0 Å². The zero-order chi connectivity index (χ0) is 22.2. The van der Waals surface area contributed by atoms with E-state index in [-0.39, 0.29) is 35.3 Å². The molecule has 30 heavy (non-hydrogen) atoms. The Kier molecular flexibility index (Phi) is 6.30. The molecule has 5 heteroatoms. The largest absolute Gasteiger partial charge is 0.469 e. The van der Waals surface area contributed by atoms with Crippen molar-refractivity contribution in [3.05, 3.63) is 46.4 Å². The molecule has 0 aliphatic heterocycles. The van der Waals surface area contributed by atoms with Crippen LogP contribution in [0.5, 0.6) is 0 Å². The van der Waals surface area contributed by atoms with Gasteiger partial charge in [-0.3, -0.25) is 0 Å². The van der Waals surface area contributed by atoms with Crippen molar-refractivity contribution in [1.29, 1.82) is 0 Å². The molecule has 2 aliphatic rings. The minimum Gasteiger partial charge on any atom is -0.469 e. The highest BCUT2D eigenvalue weighted by molar-refractivity contribution is 5.88. The molecule has 5 atom stereocenters. The fourth-order valence-corrected chi connectivity index (χ4v) is 5.11. The molecule has 1 aromatic heterocycles. The third-order valence-corrected chi connectivity index (χ3v) is 7.23. The first-order valence-corrected chi connectivity index (χ1v) is 10.9. The Morgan fingerprint density at radius 3 is 2.53 bits per heavy atom. The molecule has 0 bridgehead atoms. The third kappa shape index (κ3) is 3.86. The normalized spacial score (nSPS) is 30.7. The quantitative estimate of drug-likeness (QED) is 0.472. The molecular weight excluding hydrogens is 380 g/mol. The Morgan fingerprint density at radius 1 is 1.20 bits per heavy atom. The van der Waals surface area contributed by atoms with Crippen LogP contribution in [0, 0.1) is 24.2 Å². The second kappa shape index (κ2) is 8.44. The lowest BCUT2D eigenvalue weighted by Crippen LogP contribution is -2.53. The molecule has 0 amide bonds. The summed E-state index contributed by atoms with van der Waals surface area (Å²) in [6.07, 6.45) is 6.91. The number of furan rings is 1. The van der Waals surface area contributed by atoms with Gasteiger partial charge < -0.3 is 13.9 Å². The molecule has 5 nitrogen and oxygen atoms in total. The summed E-state index contributed by atoms with van der Waals surface area (Å²) >= 11 is 0. The molecule has 0 N–H and O–H groups in total. The van der Waals surface area contributed by atoms with E-state index < -0.39 is 6.10 Å². The first-order chi connectivity index (χ1) is 14.1. The van der Waals surface area contributed by atoms with Gasteiger partial charge in [-0.2, -0.15) is 0 Å². The SMILES string of the molecule is CC=C(C)C(=O)O[C@@H]1c2c(C)coc2C[C@H]2CC[C@H](OC(=O)C=C(C)C)[C@H](C)[C@]21C. The van der Waals surface area contributed by atoms with E-state index >= 15 is 0 Å². The average Bonchev–Trinajstić information content (AvgIpc) is 3.04. The Morgan fingerprint density at radius 2 is 1.90 bits per heavy atom. The van der Waals surface area contributed by atoms with E-state index in [4.69, 9.17) is 13.9 Å². The zero-order valence-corrected chi connectivity index (χ0v) is 19.2. The van der Waals surface area contributed by atoms with Crippen LogP contribution in [-0.4, -0.2) is 18.0 Å². The number of hydrogen-bond donors (Lipinski definition) is 0.